The van der Waals surface area contributed by atoms with Crippen LogP contribution >= 0.6 is 0 Å². The summed E-state index contributed by atoms with van der Waals surface area (Å²) in [6.07, 6.45) is 5.73. The number of nitrogen functional groups attached to an aromatic ring is 2. The highest BCUT2D eigenvalue weighted by Gasteiger charge is 2.14. The number of hydrogen-bond acceptors (Lipinski definition) is 4. The maximum absolute atomic E-state index is 12.3. The monoisotopic (exact) mass is 282 g/mol. The van der Waals surface area contributed by atoms with Crippen LogP contribution in [0.25, 0.3) is 0 Å². The molecule has 0 aliphatic carbocycles. The van der Waals surface area contributed by atoms with Gasteiger partial charge in [-0.15, -0.1) is 0 Å². The van der Waals surface area contributed by atoms with Gasteiger partial charge in [0.05, 0.1) is 0 Å². The Kier molecular flexibility index (Phi) is 6.35. The maximum atomic E-state index is 12.3. The Balaban J connectivity index is 3.11. The van der Waals surface area contributed by atoms with E-state index < -0.39 is 5.56 Å². The first-order valence-electron chi connectivity index (χ1n) is 7.43. The van der Waals surface area contributed by atoms with Crippen LogP contribution in [-0.4, -0.2) is 9.13 Å². The Morgan fingerprint density at radius 3 is 1.85 bits per heavy atom. The fourth-order valence-electron chi connectivity index (χ4n) is 2.19. The lowest BCUT2D eigenvalue weighted by molar-refractivity contribution is 0.511. The molecule has 20 heavy (non-hydrogen) atoms. The van der Waals surface area contributed by atoms with Crippen LogP contribution in [-0.2, 0) is 13.1 Å². The first kappa shape index (κ1) is 16.3. The van der Waals surface area contributed by atoms with E-state index in [4.69, 9.17) is 11.5 Å². The van der Waals surface area contributed by atoms with Crippen molar-refractivity contribution in [2.75, 3.05) is 11.5 Å². The zero-order valence-electron chi connectivity index (χ0n) is 12.5. The molecule has 0 saturated heterocycles. The van der Waals surface area contributed by atoms with Gasteiger partial charge < -0.3 is 11.5 Å². The van der Waals surface area contributed by atoms with Crippen molar-refractivity contribution in [2.24, 2.45) is 0 Å². The maximum Gasteiger partial charge on any atom is 0.332 e. The van der Waals surface area contributed by atoms with E-state index >= 15 is 0 Å². The molecule has 0 radical (unpaired) electrons. The first-order chi connectivity index (χ1) is 9.54. The molecule has 0 aliphatic rings. The molecule has 6 nitrogen and oxygen atoms in total. The third-order valence-corrected chi connectivity index (χ3v) is 3.47. The quantitative estimate of drug-likeness (QED) is 0.707. The molecule has 0 atom stereocenters. The average molecular weight is 282 g/mol. The highest BCUT2D eigenvalue weighted by atomic mass is 16.2. The lowest BCUT2D eigenvalue weighted by Crippen LogP contribution is -2.42. The number of nitrogens with two attached hydrogens (primary N) is 2. The number of nitrogens with zero attached hydrogens (tertiary/aromatic N) is 2. The number of rotatable bonds is 8. The summed E-state index contributed by atoms with van der Waals surface area (Å²) < 4.78 is 2.64. The van der Waals surface area contributed by atoms with Gasteiger partial charge in [0.15, 0.2) is 0 Å². The van der Waals surface area contributed by atoms with Crippen molar-refractivity contribution in [1.29, 1.82) is 0 Å². The van der Waals surface area contributed by atoms with Crippen LogP contribution in [0.4, 0.5) is 11.5 Å². The van der Waals surface area contributed by atoms with Crippen LogP contribution in [0.1, 0.15) is 52.4 Å². The molecule has 1 heterocycles. The van der Waals surface area contributed by atoms with E-state index in [-0.39, 0.29) is 17.2 Å². The average Bonchev–Trinajstić information content (AvgIpc) is 2.44. The lowest BCUT2D eigenvalue weighted by atomic mass is 10.2. The van der Waals surface area contributed by atoms with Crippen LogP contribution in [0.15, 0.2) is 9.59 Å². The van der Waals surface area contributed by atoms with E-state index in [0.717, 1.165) is 38.5 Å². The van der Waals surface area contributed by atoms with Gasteiger partial charge in [0.25, 0.3) is 5.56 Å². The Morgan fingerprint density at radius 1 is 0.850 bits per heavy atom. The van der Waals surface area contributed by atoms with Crippen molar-refractivity contribution < 1.29 is 0 Å². The van der Waals surface area contributed by atoms with Crippen LogP contribution < -0.4 is 22.7 Å². The van der Waals surface area contributed by atoms with E-state index in [1.54, 1.807) is 0 Å². The van der Waals surface area contributed by atoms with Crippen molar-refractivity contribution in [3.63, 3.8) is 0 Å². The number of aromatic nitrogens is 2. The van der Waals surface area contributed by atoms with E-state index in [2.05, 4.69) is 13.8 Å². The van der Waals surface area contributed by atoms with Crippen LogP contribution in [0.3, 0.4) is 0 Å². The zero-order chi connectivity index (χ0) is 15.1. The van der Waals surface area contributed by atoms with E-state index in [0.29, 0.717) is 13.1 Å². The Morgan fingerprint density at radius 2 is 1.35 bits per heavy atom. The highest BCUT2D eigenvalue weighted by Crippen LogP contribution is 2.08. The molecular weight excluding hydrogens is 256 g/mol. The van der Waals surface area contributed by atoms with Crippen molar-refractivity contribution in [3.8, 4) is 0 Å². The highest BCUT2D eigenvalue weighted by molar-refractivity contribution is 5.56. The summed E-state index contributed by atoms with van der Waals surface area (Å²) in [4.78, 5) is 24.4. The van der Waals surface area contributed by atoms with Gasteiger partial charge in [-0.25, -0.2) is 4.79 Å². The molecule has 1 aromatic rings. The first-order valence-corrected chi connectivity index (χ1v) is 7.43. The molecule has 1 aromatic heterocycles. The SMILES string of the molecule is CCCCCn1c(N)c(N)c(=O)n(CCCCC)c1=O. The smallest absolute Gasteiger partial charge is 0.332 e. The lowest BCUT2D eigenvalue weighted by Gasteiger charge is -2.14. The second kappa shape index (κ2) is 7.77. The number of hydrogen-bond donors (Lipinski definition) is 2. The molecule has 0 amide bonds. The minimum atomic E-state index is -0.463. The van der Waals surface area contributed by atoms with Gasteiger partial charge in [-0.1, -0.05) is 39.5 Å². The molecule has 6 heteroatoms. The second-order valence-corrected chi connectivity index (χ2v) is 5.10. The molecule has 4 N–H and O–H groups in total. The molecule has 0 aliphatic heterocycles. The van der Waals surface area contributed by atoms with Crippen LogP contribution in [0.5, 0.6) is 0 Å². The van der Waals surface area contributed by atoms with Gasteiger partial charge in [-0.3, -0.25) is 13.9 Å². The fraction of sp³-hybridized carbons (Fsp3) is 0.714. The van der Waals surface area contributed by atoms with E-state index in [1.807, 2.05) is 0 Å². The molecular formula is C14H26N4O2. The summed E-state index contributed by atoms with van der Waals surface area (Å²) in [6.45, 7) is 5.08. The third kappa shape index (κ3) is 3.65. The summed E-state index contributed by atoms with van der Waals surface area (Å²) in [5.74, 6) is 0.0999. The predicted molar refractivity (Wildman–Crippen MR) is 82.8 cm³/mol. The van der Waals surface area contributed by atoms with Gasteiger partial charge in [0.1, 0.15) is 11.5 Å². The van der Waals surface area contributed by atoms with Crippen molar-refractivity contribution in [3.05, 3.63) is 20.8 Å². The van der Waals surface area contributed by atoms with Gasteiger partial charge >= 0.3 is 5.69 Å². The Labute approximate surface area is 119 Å². The molecule has 0 aromatic carbocycles. The topological polar surface area (TPSA) is 96.0 Å². The molecule has 0 saturated carbocycles. The zero-order valence-corrected chi connectivity index (χ0v) is 12.5. The van der Waals surface area contributed by atoms with Gasteiger partial charge in [-0.05, 0) is 12.8 Å². The van der Waals surface area contributed by atoms with Crippen molar-refractivity contribution in [1.82, 2.24) is 9.13 Å². The minimum Gasteiger partial charge on any atom is -0.391 e. The van der Waals surface area contributed by atoms with Crippen molar-refractivity contribution >= 4 is 11.5 Å². The number of unbranched alkanes of at least 4 members (excludes halogenated alkanes) is 4. The largest absolute Gasteiger partial charge is 0.391 e. The summed E-state index contributed by atoms with van der Waals surface area (Å²) >= 11 is 0. The van der Waals surface area contributed by atoms with Gasteiger partial charge in [-0.2, -0.15) is 0 Å². The fourth-order valence-corrected chi connectivity index (χ4v) is 2.19. The van der Waals surface area contributed by atoms with E-state index in [9.17, 15) is 9.59 Å². The summed E-state index contributed by atoms with van der Waals surface area (Å²) in [7, 11) is 0. The predicted octanol–water partition coefficient (Wildman–Crippen LogP) is 1.55. The summed E-state index contributed by atoms with van der Waals surface area (Å²) in [6, 6.07) is 0. The molecule has 0 fully saturated rings. The van der Waals surface area contributed by atoms with Crippen LogP contribution in [0.2, 0.25) is 0 Å². The summed E-state index contributed by atoms with van der Waals surface area (Å²) in [5.41, 5.74) is 10.7. The molecule has 0 spiro atoms. The summed E-state index contributed by atoms with van der Waals surface area (Å²) in [5, 5.41) is 0. The Bertz CT molecular complexity index is 545. The second-order valence-electron chi connectivity index (χ2n) is 5.10. The minimum absolute atomic E-state index is 0.0161. The molecule has 0 unspecified atom stereocenters. The molecule has 114 valence electrons. The van der Waals surface area contributed by atoms with Gasteiger partial charge in [0, 0.05) is 13.1 Å². The molecule has 0 bridgehead atoms. The Hall–Kier alpha value is -1.72. The third-order valence-electron chi connectivity index (χ3n) is 3.47. The van der Waals surface area contributed by atoms with E-state index in [1.165, 1.54) is 9.13 Å². The van der Waals surface area contributed by atoms with Crippen molar-refractivity contribution in [2.45, 2.75) is 65.5 Å². The van der Waals surface area contributed by atoms with Gasteiger partial charge in [0.2, 0.25) is 0 Å². The standard InChI is InChI=1S/C14H26N4O2/c1-3-5-7-9-17-12(16)11(15)13(19)18(14(17)20)10-8-6-4-2/h3-10,15-16H2,1-2H3. The molecule has 1 rings (SSSR count). The normalized spacial score (nSPS) is 10.9. The number of anilines is 2. The van der Waals surface area contributed by atoms with Crippen LogP contribution in [0, 0.1) is 0 Å².